The summed E-state index contributed by atoms with van der Waals surface area (Å²) in [6.07, 6.45) is 0. The van der Waals surface area contributed by atoms with Crippen LogP contribution >= 0.6 is 23.2 Å². The normalized spacial score (nSPS) is 14.5. The fourth-order valence-corrected chi connectivity index (χ4v) is 7.10. The zero-order valence-electron chi connectivity index (χ0n) is 20.6. The summed E-state index contributed by atoms with van der Waals surface area (Å²) in [5.74, 6) is -0.931. The van der Waals surface area contributed by atoms with Gasteiger partial charge in [0.05, 0.1) is 35.1 Å². The molecule has 0 saturated carbocycles. The number of amides is 1. The van der Waals surface area contributed by atoms with Crippen molar-refractivity contribution in [3.8, 4) is 0 Å². The summed E-state index contributed by atoms with van der Waals surface area (Å²) < 4.78 is 61.5. The molecule has 0 spiro atoms. The van der Waals surface area contributed by atoms with Gasteiger partial charge in [0, 0.05) is 25.2 Å². The highest BCUT2D eigenvalue weighted by Gasteiger charge is 2.28. The topological polar surface area (TPSA) is 166 Å². The maximum atomic E-state index is 13.0. The number of hydrogen-bond acceptors (Lipinski definition) is 8. The number of ether oxygens (including phenoxy) is 1. The summed E-state index contributed by atoms with van der Waals surface area (Å²) in [6, 6.07) is 9.48. The third-order valence-corrected chi connectivity index (χ3v) is 9.77. The van der Waals surface area contributed by atoms with E-state index in [9.17, 15) is 21.6 Å². The first-order valence-corrected chi connectivity index (χ1v) is 14.9. The molecule has 17 heteroatoms. The Hall–Kier alpha value is -3.17. The second-order valence-electron chi connectivity index (χ2n) is 8.23. The lowest BCUT2D eigenvalue weighted by Gasteiger charge is -2.25. The van der Waals surface area contributed by atoms with Crippen molar-refractivity contribution in [1.82, 2.24) is 19.0 Å². The van der Waals surface area contributed by atoms with Gasteiger partial charge < -0.3 is 4.74 Å². The van der Waals surface area contributed by atoms with Crippen molar-refractivity contribution in [2.75, 3.05) is 31.0 Å². The minimum atomic E-state index is -4.23. The number of sulfonamides is 2. The summed E-state index contributed by atoms with van der Waals surface area (Å²) in [7, 11) is -6.41. The van der Waals surface area contributed by atoms with E-state index in [1.807, 2.05) is 0 Å². The number of benzene rings is 2. The van der Waals surface area contributed by atoms with Crippen molar-refractivity contribution in [1.29, 1.82) is 0 Å². The Morgan fingerprint density at radius 2 is 1.74 bits per heavy atom. The Morgan fingerprint density at radius 3 is 2.36 bits per heavy atom. The molecular formula is C22H22Cl2N7O6S2+. The summed E-state index contributed by atoms with van der Waals surface area (Å²) in [5.41, 5.74) is 0.107. The quantitative estimate of drug-likeness (QED) is 0.314. The number of aryl methyl sites for hydroxylation is 2. The van der Waals surface area contributed by atoms with Crippen molar-refractivity contribution < 1.29 is 26.4 Å². The van der Waals surface area contributed by atoms with E-state index in [1.54, 1.807) is 0 Å². The van der Waals surface area contributed by atoms with Crippen molar-refractivity contribution >= 4 is 60.5 Å². The molecule has 3 aromatic rings. The third kappa shape index (κ3) is 6.36. The number of hydrogen-bond donors (Lipinski definition) is 1. The van der Waals surface area contributed by atoms with Crippen LogP contribution < -0.4 is 9.63 Å². The second kappa shape index (κ2) is 11.5. The minimum Gasteiger partial charge on any atom is -0.379 e. The molecule has 0 aliphatic carbocycles. The highest BCUT2D eigenvalue weighted by Crippen LogP contribution is 2.29. The molecule has 1 aliphatic heterocycles. The van der Waals surface area contributed by atoms with E-state index >= 15 is 0 Å². The van der Waals surface area contributed by atoms with Crippen molar-refractivity contribution in [2.45, 2.75) is 16.7 Å². The molecule has 1 saturated heterocycles. The largest absolute Gasteiger partial charge is 0.379 e. The van der Waals surface area contributed by atoms with Crippen LogP contribution in [0.3, 0.4) is 0 Å². The van der Waals surface area contributed by atoms with Gasteiger partial charge in [-0.2, -0.15) is 9.40 Å². The number of rotatable bonds is 7. The molecule has 1 fully saturated rings. The number of nitrogens with zero attached hydrogens (tertiary/aromatic N) is 6. The van der Waals surface area contributed by atoms with Gasteiger partial charge in [0.15, 0.2) is 10.8 Å². The molecule has 39 heavy (non-hydrogen) atoms. The number of morpholine rings is 1. The van der Waals surface area contributed by atoms with Gasteiger partial charge in [0.25, 0.3) is 10.0 Å². The van der Waals surface area contributed by atoms with Crippen LogP contribution in [-0.2, 0) is 31.8 Å². The molecule has 2 aromatic carbocycles. The zero-order chi connectivity index (χ0) is 28.4. The first kappa shape index (κ1) is 28.8. The predicted octanol–water partition coefficient (Wildman–Crippen LogP) is 3.30. The number of anilines is 1. The molecule has 206 valence electrons. The molecule has 0 unspecified atom stereocenters. The number of aromatic nitrogens is 2. The molecule has 13 nitrogen and oxygen atoms in total. The van der Waals surface area contributed by atoms with Crippen LogP contribution in [0, 0.1) is 6.92 Å². The number of carbonyl (C=O) groups is 1. The van der Waals surface area contributed by atoms with E-state index in [1.165, 1.54) is 65.4 Å². The van der Waals surface area contributed by atoms with Crippen molar-refractivity contribution in [3.05, 3.63) is 63.9 Å². The van der Waals surface area contributed by atoms with Crippen molar-refractivity contribution in [3.63, 3.8) is 0 Å². The highest BCUT2D eigenvalue weighted by molar-refractivity contribution is 7.93. The summed E-state index contributed by atoms with van der Waals surface area (Å²) in [4.78, 5) is 16.1. The van der Waals surface area contributed by atoms with E-state index in [0.29, 0.717) is 13.2 Å². The summed E-state index contributed by atoms with van der Waals surface area (Å²) >= 11 is 12.1. The fraction of sp³-hybridized carbons (Fsp3) is 0.273. The Morgan fingerprint density at radius 1 is 1.08 bits per heavy atom. The van der Waals surface area contributed by atoms with Gasteiger partial charge in [-0.3, -0.25) is 14.2 Å². The van der Waals surface area contributed by atoms with Crippen LogP contribution in [0.4, 0.5) is 11.4 Å². The SMILES string of the molecule is Cc1nn(C)c(Cl)c1S(=O)(=O)Nc1ccc(Cl)cc1C(=O)N=[N+]=Nc1ccc(S(=O)(=O)N2CCOCC2)cc1. The van der Waals surface area contributed by atoms with Crippen LogP contribution in [0.2, 0.25) is 10.2 Å². The van der Waals surface area contributed by atoms with Crippen LogP contribution in [0.5, 0.6) is 0 Å². The molecule has 0 bridgehead atoms. The zero-order valence-corrected chi connectivity index (χ0v) is 23.7. The monoisotopic (exact) mass is 614 g/mol. The lowest BCUT2D eigenvalue weighted by Crippen LogP contribution is -2.40. The highest BCUT2D eigenvalue weighted by atomic mass is 35.5. The minimum absolute atomic E-state index is 0.0798. The second-order valence-corrected chi connectivity index (χ2v) is 12.6. The summed E-state index contributed by atoms with van der Waals surface area (Å²) in [5, 5.41) is 11.4. The van der Waals surface area contributed by atoms with Crippen molar-refractivity contribution in [2.24, 2.45) is 17.3 Å². The maximum absolute atomic E-state index is 13.0. The molecule has 1 N–H and O–H groups in total. The lowest BCUT2D eigenvalue weighted by molar-refractivity contribution is 0.0730. The molecule has 0 radical (unpaired) electrons. The van der Waals surface area contributed by atoms with Crippen LogP contribution in [0.1, 0.15) is 16.1 Å². The number of halogens is 2. The summed E-state index contributed by atoms with van der Waals surface area (Å²) in [6.45, 7) is 2.67. The molecule has 1 aliphatic rings. The molecule has 1 amide bonds. The smallest absolute Gasteiger partial charge is 0.362 e. The standard InChI is InChI=1S/C22H21Cl2N7O6S2/c1-14-20(21(24)30(2)27-14)38(33,34)28-19-8-3-15(23)13-18(19)22(32)26-29-25-16-4-6-17(7-5-16)39(35,36)31-9-11-37-12-10-31/h3-8,13H,9-12H2,1-2H3/p+1. The average molecular weight is 616 g/mol. The van der Waals surface area contributed by atoms with Gasteiger partial charge in [-0.05, 0) is 49.4 Å². The lowest BCUT2D eigenvalue weighted by atomic mass is 10.2. The Bertz CT molecular complexity index is 1690. The Kier molecular flexibility index (Phi) is 8.51. The number of nitrogens with one attached hydrogen (secondary N) is 1. The van der Waals surface area contributed by atoms with E-state index in [0.717, 1.165) is 0 Å². The van der Waals surface area contributed by atoms with E-state index in [2.05, 4.69) is 25.0 Å². The van der Waals surface area contributed by atoms with Gasteiger partial charge in [0.1, 0.15) is 10.0 Å². The van der Waals surface area contributed by atoms with Gasteiger partial charge >= 0.3 is 5.91 Å². The molecule has 1 aromatic heterocycles. The Labute approximate surface area is 234 Å². The Balaban J connectivity index is 1.55. The van der Waals surface area contributed by atoms with Gasteiger partial charge in [-0.1, -0.05) is 23.2 Å². The first-order valence-electron chi connectivity index (χ1n) is 11.3. The third-order valence-electron chi connectivity index (χ3n) is 5.57. The van der Waals surface area contributed by atoms with Gasteiger partial charge in [-0.25, -0.2) is 16.8 Å². The molecule has 4 rings (SSSR count). The average Bonchev–Trinajstić information content (AvgIpc) is 3.17. The van der Waals surface area contributed by atoms with E-state index in [-0.39, 0.29) is 55.7 Å². The predicted molar refractivity (Wildman–Crippen MR) is 142 cm³/mol. The molecular weight excluding hydrogens is 593 g/mol. The fourth-order valence-electron chi connectivity index (χ4n) is 3.68. The van der Waals surface area contributed by atoms with E-state index in [4.69, 9.17) is 27.9 Å². The molecule has 0 atom stereocenters. The van der Waals surface area contributed by atoms with Gasteiger partial charge in [-0.15, -0.1) is 0 Å². The van der Waals surface area contributed by atoms with Crippen LogP contribution in [0.15, 0.2) is 62.5 Å². The van der Waals surface area contributed by atoms with Gasteiger partial charge in [0.2, 0.25) is 20.0 Å². The van der Waals surface area contributed by atoms with E-state index < -0.39 is 26.0 Å². The van der Waals surface area contributed by atoms with Crippen LogP contribution in [0.25, 0.3) is 0 Å². The molecule has 2 heterocycles. The maximum Gasteiger partial charge on any atom is 0.362 e. The first-order chi connectivity index (χ1) is 18.4. The number of carbonyl (C=O) groups excluding carboxylic acids is 1. The van der Waals surface area contributed by atoms with Crippen LogP contribution in [-0.4, -0.2) is 63.1 Å².